The van der Waals surface area contributed by atoms with Gasteiger partial charge in [-0.3, -0.25) is 0 Å². The molecule has 2 aromatic rings. The van der Waals surface area contributed by atoms with Gasteiger partial charge in [0.05, 0.1) is 5.56 Å². The van der Waals surface area contributed by atoms with Gasteiger partial charge in [0.15, 0.2) is 0 Å². The first-order valence-corrected chi connectivity index (χ1v) is 10.5. The van der Waals surface area contributed by atoms with E-state index in [-0.39, 0.29) is 5.56 Å². The fourth-order valence-electron chi connectivity index (χ4n) is 5.22. The Morgan fingerprint density at radius 3 is 2.37 bits per heavy atom. The largest absolute Gasteiger partial charge is 0.206 e. The molecule has 2 heteroatoms. The normalized spacial score (nSPS) is 24.9. The molecular weight excluding hydrogens is 333 g/mol. The fourth-order valence-corrected chi connectivity index (χ4v) is 5.22. The highest BCUT2D eigenvalue weighted by molar-refractivity contribution is 5.66. The lowest BCUT2D eigenvalue weighted by molar-refractivity contribution is 0.187. The molecule has 0 heterocycles. The molecule has 0 bridgehead atoms. The number of benzene rings is 2. The van der Waals surface area contributed by atoms with Gasteiger partial charge in [-0.2, -0.15) is 5.26 Å². The minimum absolute atomic E-state index is 0.109. The monoisotopic (exact) mass is 361 g/mol. The van der Waals surface area contributed by atoms with Crippen LogP contribution >= 0.6 is 0 Å². The van der Waals surface area contributed by atoms with Crippen LogP contribution in [0.25, 0.3) is 11.1 Å². The number of hydrogen-bond donors (Lipinski definition) is 0. The number of nitrogens with zero attached hydrogens (tertiary/aromatic N) is 1. The first kappa shape index (κ1) is 18.2. The quantitative estimate of drug-likeness (QED) is 0.598. The molecule has 0 saturated heterocycles. The Labute approximate surface area is 162 Å². The Morgan fingerprint density at radius 1 is 0.926 bits per heavy atom. The van der Waals surface area contributed by atoms with Gasteiger partial charge in [-0.05, 0) is 84.2 Å². The SMILES string of the molecule is CCC1CCC(C2CCc3cc(-c4ccc(C#N)c(F)c4)ccc3C2)CC1. The summed E-state index contributed by atoms with van der Waals surface area (Å²) >= 11 is 0. The summed E-state index contributed by atoms with van der Waals surface area (Å²) in [6.07, 6.45) is 10.7. The molecule has 2 aromatic carbocycles. The molecule has 0 N–H and O–H groups in total. The van der Waals surface area contributed by atoms with Crippen molar-refractivity contribution in [1.29, 1.82) is 5.26 Å². The molecule has 0 aromatic heterocycles. The fraction of sp³-hybridized carbons (Fsp3) is 0.480. The average Bonchev–Trinajstić information content (AvgIpc) is 2.73. The second-order valence-electron chi connectivity index (χ2n) is 8.48. The molecule has 140 valence electrons. The summed E-state index contributed by atoms with van der Waals surface area (Å²) in [4.78, 5) is 0. The van der Waals surface area contributed by atoms with Gasteiger partial charge in [0.2, 0.25) is 0 Å². The van der Waals surface area contributed by atoms with Crippen LogP contribution < -0.4 is 0 Å². The molecule has 0 aliphatic heterocycles. The van der Waals surface area contributed by atoms with Crippen LogP contribution in [0.4, 0.5) is 4.39 Å². The van der Waals surface area contributed by atoms with E-state index >= 15 is 0 Å². The van der Waals surface area contributed by atoms with E-state index in [1.807, 2.05) is 12.1 Å². The Bertz CT molecular complexity index is 855. The van der Waals surface area contributed by atoms with Gasteiger partial charge in [0.1, 0.15) is 11.9 Å². The van der Waals surface area contributed by atoms with Crippen LogP contribution in [-0.4, -0.2) is 0 Å². The number of rotatable bonds is 3. The molecule has 1 nitrogen and oxygen atoms in total. The second-order valence-corrected chi connectivity index (χ2v) is 8.48. The Hall–Kier alpha value is -2.14. The zero-order chi connectivity index (χ0) is 18.8. The van der Waals surface area contributed by atoms with Crippen molar-refractivity contribution in [3.63, 3.8) is 0 Å². The van der Waals surface area contributed by atoms with Crippen molar-refractivity contribution in [2.45, 2.75) is 58.3 Å². The van der Waals surface area contributed by atoms with Crippen molar-refractivity contribution in [1.82, 2.24) is 0 Å². The lowest BCUT2D eigenvalue weighted by Gasteiger charge is -2.36. The van der Waals surface area contributed by atoms with Crippen LogP contribution in [0.15, 0.2) is 36.4 Å². The summed E-state index contributed by atoms with van der Waals surface area (Å²) in [7, 11) is 0. The van der Waals surface area contributed by atoms with Crippen molar-refractivity contribution in [3.8, 4) is 17.2 Å². The van der Waals surface area contributed by atoms with Crippen molar-refractivity contribution < 1.29 is 4.39 Å². The summed E-state index contributed by atoms with van der Waals surface area (Å²) in [5, 5.41) is 8.91. The number of nitriles is 1. The third kappa shape index (κ3) is 3.79. The third-order valence-corrected chi connectivity index (χ3v) is 7.03. The molecule has 4 rings (SSSR count). The lowest BCUT2D eigenvalue weighted by Crippen LogP contribution is -2.26. The zero-order valence-electron chi connectivity index (χ0n) is 16.2. The van der Waals surface area contributed by atoms with E-state index in [0.29, 0.717) is 0 Å². The molecule has 2 aliphatic carbocycles. The molecule has 2 aliphatic rings. The summed E-state index contributed by atoms with van der Waals surface area (Å²) in [6.45, 7) is 2.33. The highest BCUT2D eigenvalue weighted by atomic mass is 19.1. The Balaban J connectivity index is 1.49. The molecule has 27 heavy (non-hydrogen) atoms. The van der Waals surface area contributed by atoms with Crippen LogP contribution in [-0.2, 0) is 12.8 Å². The first-order chi connectivity index (χ1) is 13.2. The molecule has 1 unspecified atom stereocenters. The molecule has 0 spiro atoms. The number of aryl methyl sites for hydroxylation is 1. The standard InChI is InChI=1S/C25H28FN/c1-2-17-3-5-18(6-4-17)19-7-8-21-14-22(10-9-20(21)13-19)23-11-12-24(16-27)25(26)15-23/h9-12,14-15,17-19H,2-8,13H2,1H3. The maximum Gasteiger partial charge on any atom is 0.141 e. The van der Waals surface area contributed by atoms with Crippen LogP contribution in [0, 0.1) is 34.9 Å². The summed E-state index contributed by atoms with van der Waals surface area (Å²) < 4.78 is 14.0. The maximum atomic E-state index is 14.0. The number of halogens is 1. The van der Waals surface area contributed by atoms with E-state index in [0.717, 1.165) is 35.3 Å². The third-order valence-electron chi connectivity index (χ3n) is 7.03. The Morgan fingerprint density at radius 2 is 1.67 bits per heavy atom. The maximum absolute atomic E-state index is 14.0. The van der Waals surface area contributed by atoms with E-state index in [1.165, 1.54) is 62.1 Å². The molecule has 0 radical (unpaired) electrons. The lowest BCUT2D eigenvalue weighted by atomic mass is 9.69. The van der Waals surface area contributed by atoms with E-state index in [9.17, 15) is 4.39 Å². The molecule has 1 atom stereocenters. The predicted octanol–water partition coefficient (Wildman–Crippen LogP) is 6.69. The molecule has 1 saturated carbocycles. The highest BCUT2D eigenvalue weighted by Gasteiger charge is 2.29. The van der Waals surface area contributed by atoms with Crippen LogP contribution in [0.5, 0.6) is 0 Å². The van der Waals surface area contributed by atoms with Crippen molar-refractivity contribution >= 4 is 0 Å². The summed E-state index contributed by atoms with van der Waals surface area (Å²) in [6, 6.07) is 13.4. The van der Waals surface area contributed by atoms with Gasteiger partial charge < -0.3 is 0 Å². The highest BCUT2D eigenvalue weighted by Crippen LogP contribution is 2.40. The van der Waals surface area contributed by atoms with Crippen molar-refractivity contribution in [3.05, 3.63) is 58.9 Å². The van der Waals surface area contributed by atoms with Gasteiger partial charge in [-0.25, -0.2) is 4.39 Å². The van der Waals surface area contributed by atoms with Gasteiger partial charge in [-0.15, -0.1) is 0 Å². The van der Waals surface area contributed by atoms with Gasteiger partial charge in [0, 0.05) is 0 Å². The van der Waals surface area contributed by atoms with E-state index in [1.54, 1.807) is 6.07 Å². The molecular formula is C25H28FN. The summed E-state index contributed by atoms with van der Waals surface area (Å²) in [5.74, 6) is 2.28. The van der Waals surface area contributed by atoms with Gasteiger partial charge >= 0.3 is 0 Å². The minimum atomic E-state index is -0.435. The van der Waals surface area contributed by atoms with Crippen molar-refractivity contribution in [2.24, 2.45) is 17.8 Å². The van der Waals surface area contributed by atoms with Gasteiger partial charge in [0.25, 0.3) is 0 Å². The minimum Gasteiger partial charge on any atom is -0.206 e. The summed E-state index contributed by atoms with van der Waals surface area (Å²) in [5.41, 5.74) is 4.93. The predicted molar refractivity (Wildman–Crippen MR) is 108 cm³/mol. The van der Waals surface area contributed by atoms with Crippen LogP contribution in [0.2, 0.25) is 0 Å². The molecule has 0 amide bonds. The number of hydrogen-bond acceptors (Lipinski definition) is 1. The van der Waals surface area contributed by atoms with E-state index < -0.39 is 5.82 Å². The second kappa shape index (κ2) is 7.85. The average molecular weight is 362 g/mol. The zero-order valence-corrected chi connectivity index (χ0v) is 16.2. The smallest absolute Gasteiger partial charge is 0.141 e. The van der Waals surface area contributed by atoms with Crippen LogP contribution in [0.1, 0.15) is 62.1 Å². The molecule has 1 fully saturated rings. The van der Waals surface area contributed by atoms with Crippen molar-refractivity contribution in [2.75, 3.05) is 0 Å². The van der Waals surface area contributed by atoms with E-state index in [2.05, 4.69) is 25.1 Å². The Kier molecular flexibility index (Phi) is 5.30. The van der Waals surface area contributed by atoms with Gasteiger partial charge in [-0.1, -0.05) is 50.5 Å². The first-order valence-electron chi connectivity index (χ1n) is 10.5. The van der Waals surface area contributed by atoms with Crippen LogP contribution in [0.3, 0.4) is 0 Å². The number of fused-ring (bicyclic) bond motifs is 1. The van der Waals surface area contributed by atoms with E-state index in [4.69, 9.17) is 5.26 Å². The topological polar surface area (TPSA) is 23.8 Å².